The molecule has 0 bridgehead atoms. The van der Waals surface area contributed by atoms with E-state index in [9.17, 15) is 28.8 Å². The Morgan fingerprint density at radius 3 is 0.952 bits per heavy atom. The van der Waals surface area contributed by atoms with Gasteiger partial charge in [0.2, 0.25) is 0 Å². The fourth-order valence-corrected chi connectivity index (χ4v) is 14.4. The second kappa shape index (κ2) is 16.0. The van der Waals surface area contributed by atoms with Crippen LogP contribution in [0, 0.1) is 0 Å². The molecule has 2 heterocycles. The second-order valence-electron chi connectivity index (χ2n) is 21.9. The van der Waals surface area contributed by atoms with Crippen molar-refractivity contribution < 1.29 is 9.59 Å². The Labute approximate surface area is 467 Å². The van der Waals surface area contributed by atoms with Gasteiger partial charge in [-0.05, 0) is 104 Å². The van der Waals surface area contributed by atoms with Crippen LogP contribution < -0.4 is 43.2 Å². The van der Waals surface area contributed by atoms with E-state index in [0.29, 0.717) is 97.8 Å². The first-order valence-corrected chi connectivity index (χ1v) is 27.3. The van der Waals surface area contributed by atoms with Crippen LogP contribution in [0.4, 0.5) is 11.4 Å². The highest BCUT2D eigenvalue weighted by atomic mass is 16.2. The van der Waals surface area contributed by atoms with Gasteiger partial charge >= 0.3 is 0 Å². The summed E-state index contributed by atoms with van der Waals surface area (Å²) >= 11 is 0. The number of aromatic amines is 2. The third kappa shape index (κ3) is 5.65. The van der Waals surface area contributed by atoms with E-state index < -0.39 is 33.5 Å². The lowest BCUT2D eigenvalue weighted by atomic mass is 9.92. The van der Waals surface area contributed by atoms with Crippen molar-refractivity contribution in [3.05, 3.63) is 254 Å². The molecule has 0 atom stereocenters. The van der Waals surface area contributed by atoms with Crippen molar-refractivity contribution in [1.82, 2.24) is 9.97 Å². The molecule has 12 heteroatoms. The van der Waals surface area contributed by atoms with Gasteiger partial charge in [-0.15, -0.1) is 0 Å². The normalized spacial score (nSPS) is 12.4. The minimum Gasteiger partial charge on any atom is -0.353 e. The van der Waals surface area contributed by atoms with Gasteiger partial charge in [0.25, 0.3) is 11.8 Å². The summed E-state index contributed by atoms with van der Waals surface area (Å²) in [6, 6.07) is 52.9. The summed E-state index contributed by atoms with van der Waals surface area (Å²) in [7, 11) is 0. The third-order valence-corrected chi connectivity index (χ3v) is 17.9. The Bertz CT molecular complexity index is 6130. The largest absolute Gasteiger partial charge is 0.353 e. The Balaban J connectivity index is 0.944. The van der Waals surface area contributed by atoms with E-state index in [2.05, 4.69) is 32.7 Å². The van der Waals surface area contributed by atoms with Gasteiger partial charge in [0.05, 0.1) is 65.8 Å². The standard InChI is InChI=1S/C72H34N4O8/c77-65-37-19-9-7-17-33(37)51-54-46-30-44-36-26-28-42-58(70(82)40-22-12-24-48(50(40)68(42)80)74-72(84)32-15-5-2-6-16-32)62(36)76-64(44)60-56(46)52(34-18-8-10-20-38(34)66(60)78)53(54)45-29-43-35-25-27-41-57(61(35)75-63(43)59(65)55(45)51)69(81)39-21-11-23-47(49(39)67(41)79)73-71(83)31-13-3-1-4-14-31/h1-30,75-76H,(H,73,83)(H,74,84). The lowest BCUT2D eigenvalue weighted by molar-refractivity contribution is 0.101. The van der Waals surface area contributed by atoms with Crippen LogP contribution in [-0.2, 0) is 0 Å². The molecule has 0 spiro atoms. The molecule has 18 aromatic rings. The van der Waals surface area contributed by atoms with Crippen LogP contribution >= 0.6 is 0 Å². The highest BCUT2D eigenvalue weighted by Gasteiger charge is 2.31. The van der Waals surface area contributed by atoms with E-state index in [0.717, 1.165) is 32.3 Å². The van der Waals surface area contributed by atoms with Crippen LogP contribution in [0.25, 0.3) is 162 Å². The van der Waals surface area contributed by atoms with E-state index in [1.54, 1.807) is 121 Å². The first kappa shape index (κ1) is 46.0. The Kier molecular flexibility index (Phi) is 8.77. The average Bonchev–Trinajstić information content (AvgIpc) is 1.51. The molecule has 18 rings (SSSR count). The zero-order valence-corrected chi connectivity index (χ0v) is 43.6. The molecule has 0 unspecified atom stereocenters. The van der Waals surface area contributed by atoms with Crippen molar-refractivity contribution in [3.63, 3.8) is 0 Å². The maximum absolute atomic E-state index is 15.5. The number of hydrogen-bond donors (Lipinski definition) is 4. The summed E-state index contributed by atoms with van der Waals surface area (Å²) in [6.07, 6.45) is 0. The van der Waals surface area contributed by atoms with E-state index >= 15 is 9.59 Å². The molecule has 0 saturated carbocycles. The number of amides is 2. The highest BCUT2D eigenvalue weighted by molar-refractivity contribution is 6.54. The average molecular weight is 1080 g/mol. The number of carbonyl (C=O) groups excluding carboxylic acids is 2. The van der Waals surface area contributed by atoms with Crippen molar-refractivity contribution in [3.8, 4) is 0 Å². The summed E-state index contributed by atoms with van der Waals surface area (Å²) in [5.41, 5.74) is 0.866. The summed E-state index contributed by atoms with van der Waals surface area (Å²) in [5.74, 6) is -0.855. The minimum absolute atomic E-state index is 0.0948. The molecule has 0 aliphatic carbocycles. The van der Waals surface area contributed by atoms with E-state index in [4.69, 9.17) is 0 Å². The zero-order valence-electron chi connectivity index (χ0n) is 43.6. The molecular weight excluding hydrogens is 1050 g/mol. The lowest BCUT2D eigenvalue weighted by Gasteiger charge is -2.09. The van der Waals surface area contributed by atoms with Gasteiger partial charge in [0, 0.05) is 75.8 Å². The maximum Gasteiger partial charge on any atom is 0.255 e. The van der Waals surface area contributed by atoms with Crippen LogP contribution in [0.5, 0.6) is 0 Å². The molecule has 0 radical (unpaired) electrons. The Morgan fingerprint density at radius 1 is 0.238 bits per heavy atom. The predicted molar refractivity (Wildman–Crippen MR) is 340 cm³/mol. The first-order valence-electron chi connectivity index (χ1n) is 27.3. The Hall–Kier alpha value is -11.8. The molecule has 12 nitrogen and oxygen atoms in total. The van der Waals surface area contributed by atoms with Crippen molar-refractivity contribution in [1.29, 1.82) is 0 Å². The molecule has 2 amide bonds. The number of nitrogens with one attached hydrogen (secondary N) is 4. The molecule has 0 aliphatic heterocycles. The molecule has 84 heavy (non-hydrogen) atoms. The fraction of sp³-hybridized carbons (Fsp3) is 0. The molecule has 16 aromatic carbocycles. The molecule has 0 fully saturated rings. The van der Waals surface area contributed by atoms with E-state index in [-0.39, 0.29) is 65.3 Å². The van der Waals surface area contributed by atoms with Crippen LogP contribution in [0.15, 0.2) is 211 Å². The number of fused-ring (bicyclic) bond motifs is 23. The fourth-order valence-electron chi connectivity index (χ4n) is 14.4. The molecule has 0 saturated heterocycles. The van der Waals surface area contributed by atoms with Crippen LogP contribution in [0.2, 0.25) is 0 Å². The van der Waals surface area contributed by atoms with Gasteiger partial charge < -0.3 is 20.6 Å². The number of H-pyrrole nitrogens is 2. The third-order valence-electron chi connectivity index (χ3n) is 17.9. The maximum atomic E-state index is 15.5. The van der Waals surface area contributed by atoms with Crippen LogP contribution in [-0.4, -0.2) is 21.8 Å². The van der Waals surface area contributed by atoms with Gasteiger partial charge in [0.15, 0.2) is 32.6 Å². The van der Waals surface area contributed by atoms with Crippen LogP contribution in [0.1, 0.15) is 20.7 Å². The molecule has 390 valence electrons. The summed E-state index contributed by atoms with van der Waals surface area (Å²) in [5, 5.41) is 18.8. The predicted octanol–water partition coefficient (Wildman–Crippen LogP) is 13.5. The second-order valence-corrected chi connectivity index (χ2v) is 21.9. The van der Waals surface area contributed by atoms with Crippen molar-refractivity contribution in [2.24, 2.45) is 0 Å². The molecular formula is C72H34N4O8. The topological polar surface area (TPSA) is 192 Å². The van der Waals surface area contributed by atoms with Gasteiger partial charge in [-0.1, -0.05) is 121 Å². The summed E-state index contributed by atoms with van der Waals surface area (Å²) < 4.78 is 0. The zero-order chi connectivity index (χ0) is 56.3. The smallest absolute Gasteiger partial charge is 0.255 e. The van der Waals surface area contributed by atoms with Gasteiger partial charge in [-0.3, -0.25) is 38.4 Å². The van der Waals surface area contributed by atoms with E-state index in [1.807, 2.05) is 48.5 Å². The monoisotopic (exact) mass is 1080 g/mol. The van der Waals surface area contributed by atoms with E-state index in [1.165, 1.54) is 0 Å². The highest BCUT2D eigenvalue weighted by Crippen LogP contribution is 2.54. The number of carbonyl (C=O) groups is 2. The SMILES string of the molecule is O=C(Nc1cccc2c(=O)c3c(ccc4c5cc6c7c(c(=O)c8ccccc8c7c7c8cc9c%10ccc%11c(=O)c%12c(NC(=O)c%13ccccc%13)cccc%12c(=O)c%11c%10[nH]c9c9c(=O)c%10ccccc%10c(c89)c67)c5[nH]c43)c(=O)c12)c1ccccc1. The molecule has 2 aromatic heterocycles. The van der Waals surface area contributed by atoms with Crippen molar-refractivity contribution in [2.45, 2.75) is 0 Å². The molecule has 0 aliphatic rings. The van der Waals surface area contributed by atoms with Gasteiger partial charge in [-0.25, -0.2) is 0 Å². The Morgan fingerprint density at radius 2 is 0.536 bits per heavy atom. The summed E-state index contributed by atoms with van der Waals surface area (Å²) in [4.78, 5) is 124. The number of aromatic nitrogens is 2. The minimum atomic E-state index is -0.431. The number of anilines is 2. The quantitative estimate of drug-likeness (QED) is 0.125. The first-order chi connectivity index (χ1) is 41.0. The number of hydrogen-bond acceptors (Lipinski definition) is 8. The van der Waals surface area contributed by atoms with Crippen molar-refractivity contribution in [2.75, 3.05) is 10.6 Å². The summed E-state index contributed by atoms with van der Waals surface area (Å²) in [6.45, 7) is 0. The number of benzene rings is 14. The lowest BCUT2D eigenvalue weighted by Crippen LogP contribution is -2.18. The number of rotatable bonds is 4. The van der Waals surface area contributed by atoms with Gasteiger partial charge in [0.1, 0.15) is 0 Å². The van der Waals surface area contributed by atoms with Crippen molar-refractivity contribution >= 4 is 185 Å². The van der Waals surface area contributed by atoms with Gasteiger partial charge in [-0.2, -0.15) is 0 Å². The van der Waals surface area contributed by atoms with Crippen LogP contribution in [0.3, 0.4) is 0 Å². The molecule has 4 N–H and O–H groups in total.